The number of anilines is 1. The monoisotopic (exact) mass is 276 g/mol. The van der Waals surface area contributed by atoms with Crippen molar-refractivity contribution in [3.63, 3.8) is 0 Å². The highest BCUT2D eigenvalue weighted by atomic mass is 32.2. The first-order chi connectivity index (χ1) is 8.04. The van der Waals surface area contributed by atoms with Gasteiger partial charge in [-0.1, -0.05) is 0 Å². The number of non-ortho nitro benzene ring substituents is 1. The number of hydrogen-bond acceptors (Lipinski definition) is 4. The third-order valence-electron chi connectivity index (χ3n) is 2.21. The minimum absolute atomic E-state index is 0.386. The van der Waals surface area contributed by atoms with E-state index < -0.39 is 31.2 Å². The van der Waals surface area contributed by atoms with Crippen molar-refractivity contribution >= 4 is 21.4 Å². The number of hydrogen-bond donors (Lipinski definition) is 1. The fourth-order valence-corrected chi connectivity index (χ4v) is 1.76. The first-order valence-corrected chi connectivity index (χ1v) is 6.49. The molecule has 0 unspecified atom stereocenters. The van der Waals surface area contributed by atoms with E-state index in [-0.39, 0.29) is 5.69 Å². The molecule has 1 rings (SSSR count). The summed E-state index contributed by atoms with van der Waals surface area (Å²) in [6, 6.07) is 2.65. The lowest BCUT2D eigenvalue weighted by molar-refractivity contribution is -0.384. The lowest BCUT2D eigenvalue weighted by atomic mass is 10.3. The van der Waals surface area contributed by atoms with E-state index in [0.29, 0.717) is 0 Å². The second-order valence-corrected chi connectivity index (χ2v) is 7.07. The van der Waals surface area contributed by atoms with Crippen molar-refractivity contribution < 1.29 is 17.7 Å². The van der Waals surface area contributed by atoms with Crippen LogP contribution in [0.4, 0.5) is 15.8 Å². The molecule has 0 aliphatic heterocycles. The number of nitro benzene ring substituents is 1. The van der Waals surface area contributed by atoms with E-state index in [1.165, 1.54) is 20.8 Å². The smallest absolute Gasteiger partial charge is 0.271 e. The maximum atomic E-state index is 13.4. The molecule has 0 heterocycles. The number of benzene rings is 1. The predicted molar refractivity (Wildman–Crippen MR) is 65.3 cm³/mol. The van der Waals surface area contributed by atoms with E-state index in [9.17, 15) is 22.9 Å². The van der Waals surface area contributed by atoms with Gasteiger partial charge in [-0.25, -0.2) is 12.8 Å². The molecule has 0 aromatic heterocycles. The summed E-state index contributed by atoms with van der Waals surface area (Å²) in [5, 5.41) is 10.5. The summed E-state index contributed by atoms with van der Waals surface area (Å²) in [6.07, 6.45) is 0. The molecule has 1 N–H and O–H groups in total. The van der Waals surface area contributed by atoms with Crippen molar-refractivity contribution in [2.24, 2.45) is 0 Å². The van der Waals surface area contributed by atoms with Crippen LogP contribution in [-0.2, 0) is 10.0 Å². The van der Waals surface area contributed by atoms with Gasteiger partial charge in [0.05, 0.1) is 15.4 Å². The third kappa shape index (κ3) is 2.95. The van der Waals surface area contributed by atoms with Crippen LogP contribution in [0.15, 0.2) is 18.2 Å². The zero-order valence-electron chi connectivity index (χ0n) is 10.1. The highest BCUT2D eigenvalue weighted by Crippen LogP contribution is 2.25. The molecule has 1 aromatic rings. The van der Waals surface area contributed by atoms with Gasteiger partial charge in [-0.3, -0.25) is 14.8 Å². The maximum Gasteiger partial charge on any atom is 0.271 e. The maximum absolute atomic E-state index is 13.4. The van der Waals surface area contributed by atoms with Crippen molar-refractivity contribution in [2.45, 2.75) is 25.5 Å². The molecule has 0 atom stereocenters. The average molecular weight is 276 g/mol. The Hall–Kier alpha value is -1.70. The standard InChI is InChI=1S/C10H13FN2O4S/c1-10(2,3)18(16,17)12-9-6-7(13(14)15)4-5-8(9)11/h4-6,12H,1-3H3. The zero-order valence-corrected chi connectivity index (χ0v) is 10.9. The Kier molecular flexibility index (Phi) is 3.61. The van der Waals surface area contributed by atoms with E-state index in [4.69, 9.17) is 0 Å². The van der Waals surface area contributed by atoms with Crippen LogP contribution in [0.2, 0.25) is 0 Å². The second-order valence-electron chi connectivity index (χ2n) is 4.64. The van der Waals surface area contributed by atoms with E-state index in [2.05, 4.69) is 0 Å². The van der Waals surface area contributed by atoms with Crippen LogP contribution in [0.1, 0.15) is 20.8 Å². The largest absolute Gasteiger partial charge is 0.280 e. The van der Waals surface area contributed by atoms with E-state index in [0.717, 1.165) is 18.2 Å². The minimum atomic E-state index is -3.83. The summed E-state index contributed by atoms with van der Waals surface area (Å²) in [5.41, 5.74) is -0.817. The number of sulfonamides is 1. The van der Waals surface area contributed by atoms with Crippen LogP contribution >= 0.6 is 0 Å². The van der Waals surface area contributed by atoms with Gasteiger partial charge in [0.25, 0.3) is 5.69 Å². The fourth-order valence-electron chi connectivity index (χ4n) is 1.00. The molecule has 0 spiro atoms. The third-order valence-corrected chi connectivity index (χ3v) is 4.31. The molecule has 0 radical (unpaired) electrons. The number of nitrogens with zero attached hydrogens (tertiary/aromatic N) is 1. The van der Waals surface area contributed by atoms with Crippen molar-refractivity contribution in [3.8, 4) is 0 Å². The van der Waals surface area contributed by atoms with Gasteiger partial charge in [0.1, 0.15) is 5.82 Å². The molecular weight excluding hydrogens is 263 g/mol. The predicted octanol–water partition coefficient (Wildman–Crippen LogP) is 2.27. The molecule has 6 nitrogen and oxygen atoms in total. The Bertz CT molecular complexity index is 578. The molecular formula is C10H13FN2O4S. The molecule has 1 aromatic carbocycles. The SMILES string of the molecule is CC(C)(C)S(=O)(=O)Nc1cc([N+](=O)[O-])ccc1F. The topological polar surface area (TPSA) is 89.3 Å². The van der Waals surface area contributed by atoms with Crippen LogP contribution < -0.4 is 4.72 Å². The van der Waals surface area contributed by atoms with Crippen molar-refractivity contribution in [1.29, 1.82) is 0 Å². The Labute approximate surface area is 104 Å². The molecule has 18 heavy (non-hydrogen) atoms. The molecule has 8 heteroatoms. The van der Waals surface area contributed by atoms with Gasteiger partial charge in [0, 0.05) is 12.1 Å². The van der Waals surface area contributed by atoms with E-state index >= 15 is 0 Å². The van der Waals surface area contributed by atoms with Crippen LogP contribution in [-0.4, -0.2) is 18.1 Å². The van der Waals surface area contributed by atoms with Crippen LogP contribution in [0.3, 0.4) is 0 Å². The number of halogens is 1. The zero-order chi connectivity index (χ0) is 14.1. The molecule has 0 aliphatic rings. The molecule has 100 valence electrons. The molecule has 0 amide bonds. The molecule has 0 aliphatic carbocycles. The van der Waals surface area contributed by atoms with Crippen molar-refractivity contribution in [1.82, 2.24) is 0 Å². The molecule has 0 saturated heterocycles. The lowest BCUT2D eigenvalue weighted by Crippen LogP contribution is -2.34. The number of nitrogens with one attached hydrogen (secondary N) is 1. The summed E-state index contributed by atoms with van der Waals surface area (Å²) in [4.78, 5) is 9.80. The number of rotatable bonds is 3. The Morgan fingerprint density at radius 1 is 1.33 bits per heavy atom. The van der Waals surface area contributed by atoms with Gasteiger partial charge < -0.3 is 0 Å². The first kappa shape index (κ1) is 14.4. The number of nitro groups is 1. The van der Waals surface area contributed by atoms with Crippen molar-refractivity contribution in [3.05, 3.63) is 34.1 Å². The minimum Gasteiger partial charge on any atom is -0.280 e. The lowest BCUT2D eigenvalue weighted by Gasteiger charge is -2.20. The van der Waals surface area contributed by atoms with E-state index in [1.54, 1.807) is 0 Å². The molecule has 0 fully saturated rings. The Morgan fingerprint density at radius 3 is 2.33 bits per heavy atom. The van der Waals surface area contributed by atoms with Gasteiger partial charge in [0.15, 0.2) is 0 Å². The van der Waals surface area contributed by atoms with Gasteiger partial charge in [-0.15, -0.1) is 0 Å². The second kappa shape index (κ2) is 4.52. The van der Waals surface area contributed by atoms with Gasteiger partial charge in [0.2, 0.25) is 10.0 Å². The summed E-state index contributed by atoms with van der Waals surface area (Å²) in [5.74, 6) is -0.867. The highest BCUT2D eigenvalue weighted by Gasteiger charge is 2.30. The van der Waals surface area contributed by atoms with Crippen LogP contribution in [0.5, 0.6) is 0 Å². The van der Waals surface area contributed by atoms with Crippen molar-refractivity contribution in [2.75, 3.05) is 4.72 Å². The molecule has 0 bridgehead atoms. The Balaban J connectivity index is 3.20. The van der Waals surface area contributed by atoms with Gasteiger partial charge in [-0.05, 0) is 26.8 Å². The quantitative estimate of drug-likeness (QED) is 0.677. The van der Waals surface area contributed by atoms with Gasteiger partial charge >= 0.3 is 0 Å². The summed E-state index contributed by atoms with van der Waals surface area (Å²) < 4.78 is 37.9. The van der Waals surface area contributed by atoms with Gasteiger partial charge in [-0.2, -0.15) is 0 Å². The van der Waals surface area contributed by atoms with Crippen LogP contribution in [0.25, 0.3) is 0 Å². The van der Waals surface area contributed by atoms with E-state index in [1.807, 2.05) is 4.72 Å². The highest BCUT2D eigenvalue weighted by molar-refractivity contribution is 7.94. The first-order valence-electron chi connectivity index (χ1n) is 5.01. The van der Waals surface area contributed by atoms with Crippen LogP contribution in [0, 0.1) is 15.9 Å². The summed E-state index contributed by atoms with van der Waals surface area (Å²) in [7, 11) is -3.83. The summed E-state index contributed by atoms with van der Waals surface area (Å²) >= 11 is 0. The Morgan fingerprint density at radius 2 is 1.89 bits per heavy atom. The average Bonchev–Trinajstić information content (AvgIpc) is 2.18. The summed E-state index contributed by atoms with van der Waals surface area (Å²) in [6.45, 7) is 4.31. The molecule has 0 saturated carbocycles. The fraction of sp³-hybridized carbons (Fsp3) is 0.400. The normalized spacial score (nSPS) is 12.2.